The van der Waals surface area contributed by atoms with Crippen LogP contribution in [0.4, 0.5) is 0 Å². The van der Waals surface area contributed by atoms with Crippen molar-refractivity contribution in [3.05, 3.63) is 10.7 Å². The predicted octanol–water partition coefficient (Wildman–Crippen LogP) is 5.36. The summed E-state index contributed by atoms with van der Waals surface area (Å²) in [6.07, 6.45) is 8.26. The minimum absolute atomic E-state index is 1.34. The van der Waals surface area contributed by atoms with Gasteiger partial charge in [0.05, 0.1) is 0 Å². The molecule has 88 valence electrons. The van der Waals surface area contributed by atoms with Gasteiger partial charge in [0.15, 0.2) is 0 Å². The summed E-state index contributed by atoms with van der Waals surface area (Å²) in [4.78, 5) is 0. The first-order valence-corrected chi connectivity index (χ1v) is 14.5. The van der Waals surface area contributed by atoms with E-state index >= 15 is 0 Å². The molecule has 0 aromatic rings. The first kappa shape index (κ1) is 15.4. The van der Waals surface area contributed by atoms with E-state index in [9.17, 15) is 0 Å². The van der Waals surface area contributed by atoms with Crippen molar-refractivity contribution in [3.8, 4) is 0 Å². The van der Waals surface area contributed by atoms with Crippen LogP contribution < -0.4 is 0 Å². The third-order valence-corrected chi connectivity index (χ3v) is 17.0. The van der Waals surface area contributed by atoms with Crippen LogP contribution in [0.5, 0.6) is 0 Å². The molecule has 0 rings (SSSR count). The molecule has 0 atom stereocenters. The molecule has 0 heterocycles. The summed E-state index contributed by atoms with van der Waals surface area (Å²) in [6.45, 7) is 12.9. The first-order valence-electron chi connectivity index (χ1n) is 6.80. The van der Waals surface area contributed by atoms with Gasteiger partial charge in [-0.25, -0.2) is 0 Å². The summed E-state index contributed by atoms with van der Waals surface area (Å²) in [5.74, 6) is 0. The second kappa shape index (κ2) is 9.66. The quantitative estimate of drug-likeness (QED) is 0.376. The minimum atomic E-state index is -1.96. The monoisotopic (exact) mass is 317 g/mol. The Kier molecular flexibility index (Phi) is 9.95. The summed E-state index contributed by atoms with van der Waals surface area (Å²) >= 11 is -1.96. The van der Waals surface area contributed by atoms with Crippen LogP contribution in [-0.4, -0.2) is 18.4 Å². The molecule has 0 bridgehead atoms. The standard InChI is InChI=1S/3C4H9.C2H2.Sn/c3*1-3-4-2;1-2;/h3*1,3-4H2,2H3;1-2H;/q;;;+1;. The van der Waals surface area contributed by atoms with Crippen molar-refractivity contribution in [2.75, 3.05) is 0 Å². The van der Waals surface area contributed by atoms with Gasteiger partial charge < -0.3 is 0 Å². The molecule has 0 N–H and O–H groups in total. The Bertz CT molecular complexity index is 130. The van der Waals surface area contributed by atoms with Crippen molar-refractivity contribution >= 4 is 18.4 Å². The predicted molar refractivity (Wildman–Crippen MR) is 73.8 cm³/mol. The zero-order chi connectivity index (χ0) is 11.6. The van der Waals surface area contributed by atoms with E-state index in [0.717, 1.165) is 0 Å². The van der Waals surface area contributed by atoms with Crippen molar-refractivity contribution in [2.45, 2.75) is 72.6 Å². The fraction of sp³-hybridized carbons (Fsp3) is 0.857. The fourth-order valence-corrected chi connectivity index (χ4v) is 14.8. The molecule has 0 fully saturated rings. The average molecular weight is 316 g/mol. The molecule has 0 unspecified atom stereocenters. The second-order valence-electron chi connectivity index (χ2n) is 4.84. The van der Waals surface area contributed by atoms with Crippen molar-refractivity contribution in [2.24, 2.45) is 0 Å². The Balaban J connectivity index is 4.23. The zero-order valence-electron chi connectivity index (χ0n) is 11.0. The first-order chi connectivity index (χ1) is 7.24. The number of rotatable bonds is 10. The molecule has 0 aliphatic heterocycles. The maximum absolute atomic E-state index is 6.00. The molecule has 0 amide bonds. The van der Waals surface area contributed by atoms with Crippen LogP contribution in [0.25, 0.3) is 0 Å². The molecule has 0 aliphatic carbocycles. The summed E-state index contributed by atoms with van der Waals surface area (Å²) in [5.41, 5.74) is 0. The SMILES string of the molecule is [CH+]=[CH][Sn]([CH2]CCC)([CH2]CCC)[CH2]CCC. The molecule has 0 spiro atoms. The van der Waals surface area contributed by atoms with Crippen LogP contribution in [0.3, 0.4) is 0 Å². The summed E-state index contributed by atoms with van der Waals surface area (Å²) in [5, 5.41) is 0. The normalized spacial score (nSPS) is 11.6. The molecular weight excluding hydrogens is 287 g/mol. The molecule has 0 aliphatic rings. The van der Waals surface area contributed by atoms with Gasteiger partial charge in [0.1, 0.15) is 0 Å². The van der Waals surface area contributed by atoms with Gasteiger partial charge in [0, 0.05) is 0 Å². The van der Waals surface area contributed by atoms with Crippen LogP contribution in [0, 0.1) is 6.58 Å². The second-order valence-corrected chi connectivity index (χ2v) is 17.8. The van der Waals surface area contributed by atoms with Gasteiger partial charge in [-0.1, -0.05) is 0 Å². The average Bonchev–Trinajstić information content (AvgIpc) is 2.29. The van der Waals surface area contributed by atoms with Gasteiger partial charge in [0.25, 0.3) is 0 Å². The van der Waals surface area contributed by atoms with Crippen LogP contribution in [0.2, 0.25) is 13.3 Å². The number of hydrogen-bond donors (Lipinski definition) is 0. The van der Waals surface area contributed by atoms with Gasteiger partial charge >= 0.3 is 102 Å². The third kappa shape index (κ3) is 6.58. The Morgan fingerprint density at radius 2 is 1.13 bits per heavy atom. The van der Waals surface area contributed by atoms with Crippen molar-refractivity contribution in [3.63, 3.8) is 0 Å². The summed E-state index contributed by atoms with van der Waals surface area (Å²) < 4.78 is 6.72. The number of unbranched alkanes of at least 4 members (excludes halogenated alkanes) is 3. The molecular formula is C14H29Sn+. The Labute approximate surface area is 101 Å². The van der Waals surface area contributed by atoms with Crippen molar-refractivity contribution in [1.29, 1.82) is 0 Å². The molecule has 0 aromatic carbocycles. The molecule has 1 heteroatoms. The van der Waals surface area contributed by atoms with E-state index in [4.69, 9.17) is 6.58 Å². The van der Waals surface area contributed by atoms with Crippen LogP contribution in [0.15, 0.2) is 4.09 Å². The van der Waals surface area contributed by atoms with Gasteiger partial charge in [-0.2, -0.15) is 0 Å². The van der Waals surface area contributed by atoms with Gasteiger partial charge in [-0.15, -0.1) is 0 Å². The van der Waals surface area contributed by atoms with Crippen LogP contribution in [-0.2, 0) is 0 Å². The van der Waals surface area contributed by atoms with Crippen LogP contribution in [0.1, 0.15) is 59.3 Å². The fourth-order valence-electron chi connectivity index (χ4n) is 2.21. The van der Waals surface area contributed by atoms with E-state index in [1.807, 2.05) is 0 Å². The third-order valence-electron chi connectivity index (χ3n) is 3.44. The van der Waals surface area contributed by atoms with E-state index in [0.29, 0.717) is 0 Å². The van der Waals surface area contributed by atoms with E-state index < -0.39 is 18.4 Å². The summed E-state index contributed by atoms with van der Waals surface area (Å²) in [7, 11) is 0. The maximum atomic E-state index is 6.00. The molecule has 0 aromatic heterocycles. The number of hydrogen-bond acceptors (Lipinski definition) is 0. The molecule has 15 heavy (non-hydrogen) atoms. The Morgan fingerprint density at radius 1 is 0.800 bits per heavy atom. The van der Waals surface area contributed by atoms with E-state index in [1.165, 1.54) is 51.8 Å². The molecule has 0 radical (unpaired) electrons. The Morgan fingerprint density at radius 3 is 1.33 bits per heavy atom. The molecule has 0 saturated carbocycles. The van der Waals surface area contributed by atoms with Gasteiger partial charge in [-0.05, 0) is 0 Å². The van der Waals surface area contributed by atoms with Crippen LogP contribution >= 0.6 is 0 Å². The summed E-state index contributed by atoms with van der Waals surface area (Å²) in [6, 6.07) is 0. The van der Waals surface area contributed by atoms with Crippen molar-refractivity contribution in [1.82, 2.24) is 0 Å². The van der Waals surface area contributed by atoms with E-state index in [1.54, 1.807) is 0 Å². The zero-order valence-corrected chi connectivity index (χ0v) is 13.9. The van der Waals surface area contributed by atoms with Crippen molar-refractivity contribution < 1.29 is 0 Å². The topological polar surface area (TPSA) is 0 Å². The van der Waals surface area contributed by atoms with E-state index in [-0.39, 0.29) is 0 Å². The Hall–Kier alpha value is 0.449. The van der Waals surface area contributed by atoms with Gasteiger partial charge in [0.2, 0.25) is 0 Å². The molecule has 0 saturated heterocycles. The van der Waals surface area contributed by atoms with Gasteiger partial charge in [-0.3, -0.25) is 0 Å². The molecule has 0 nitrogen and oxygen atoms in total. The van der Waals surface area contributed by atoms with E-state index in [2.05, 4.69) is 24.9 Å².